The highest BCUT2D eigenvalue weighted by Gasteiger charge is 2.43. The summed E-state index contributed by atoms with van der Waals surface area (Å²) in [6.07, 6.45) is 2.02. The van der Waals surface area contributed by atoms with Crippen molar-refractivity contribution in [3.8, 4) is 0 Å². The largest absolute Gasteiger partial charge is 0.395 e. The standard InChI is InChI=1S/C12H14ClNO2/c13-7-11(16)14-10-3-1-2-9(6-10)12(8-15)4-5-12/h1-3,6,15H,4-5,7-8H2,(H,14,16). The van der Waals surface area contributed by atoms with Gasteiger partial charge in [-0.1, -0.05) is 12.1 Å². The summed E-state index contributed by atoms with van der Waals surface area (Å²) in [6.45, 7) is 0.167. The molecule has 4 heteroatoms. The van der Waals surface area contributed by atoms with Gasteiger partial charge in [0.15, 0.2) is 0 Å². The van der Waals surface area contributed by atoms with Crippen molar-refractivity contribution >= 4 is 23.2 Å². The molecule has 1 aromatic carbocycles. The van der Waals surface area contributed by atoms with Crippen LogP contribution in [-0.2, 0) is 10.2 Å². The molecule has 1 aliphatic rings. The molecule has 0 heterocycles. The SMILES string of the molecule is O=C(CCl)Nc1cccc(C2(CO)CC2)c1. The summed E-state index contributed by atoms with van der Waals surface area (Å²) >= 11 is 5.42. The molecule has 0 saturated heterocycles. The number of halogens is 1. The fraction of sp³-hybridized carbons (Fsp3) is 0.417. The minimum absolute atomic E-state index is 0.0463. The van der Waals surface area contributed by atoms with E-state index in [0.717, 1.165) is 24.1 Å². The van der Waals surface area contributed by atoms with Gasteiger partial charge in [0.05, 0.1) is 6.61 Å². The van der Waals surface area contributed by atoms with E-state index in [-0.39, 0.29) is 23.8 Å². The van der Waals surface area contributed by atoms with Crippen LogP contribution in [0.1, 0.15) is 18.4 Å². The second kappa shape index (κ2) is 4.44. The van der Waals surface area contributed by atoms with Gasteiger partial charge in [-0.05, 0) is 30.5 Å². The average Bonchev–Trinajstić information content (AvgIpc) is 3.10. The zero-order valence-electron chi connectivity index (χ0n) is 8.87. The number of hydrogen-bond donors (Lipinski definition) is 2. The van der Waals surface area contributed by atoms with Crippen molar-refractivity contribution in [1.82, 2.24) is 0 Å². The van der Waals surface area contributed by atoms with Crippen LogP contribution in [0.25, 0.3) is 0 Å². The fourth-order valence-corrected chi connectivity index (χ4v) is 1.88. The van der Waals surface area contributed by atoms with E-state index < -0.39 is 0 Å². The Hall–Kier alpha value is -1.06. The number of nitrogens with one attached hydrogen (secondary N) is 1. The van der Waals surface area contributed by atoms with Crippen molar-refractivity contribution in [3.05, 3.63) is 29.8 Å². The van der Waals surface area contributed by atoms with Gasteiger partial charge in [0.2, 0.25) is 5.91 Å². The molecule has 1 aromatic rings. The molecule has 16 heavy (non-hydrogen) atoms. The molecule has 0 aliphatic heterocycles. The first-order valence-electron chi connectivity index (χ1n) is 5.27. The van der Waals surface area contributed by atoms with E-state index in [0.29, 0.717) is 0 Å². The van der Waals surface area contributed by atoms with Crippen LogP contribution in [0.5, 0.6) is 0 Å². The lowest BCUT2D eigenvalue weighted by Gasteiger charge is -2.13. The second-order valence-electron chi connectivity index (χ2n) is 4.20. The lowest BCUT2D eigenvalue weighted by atomic mass is 9.96. The second-order valence-corrected chi connectivity index (χ2v) is 4.47. The van der Waals surface area contributed by atoms with Crippen molar-refractivity contribution in [2.75, 3.05) is 17.8 Å². The number of alkyl halides is 1. The highest BCUT2D eigenvalue weighted by atomic mass is 35.5. The minimum Gasteiger partial charge on any atom is -0.395 e. The smallest absolute Gasteiger partial charge is 0.239 e. The molecule has 1 amide bonds. The lowest BCUT2D eigenvalue weighted by molar-refractivity contribution is -0.113. The topological polar surface area (TPSA) is 49.3 Å². The summed E-state index contributed by atoms with van der Waals surface area (Å²) in [7, 11) is 0. The van der Waals surface area contributed by atoms with Crippen molar-refractivity contribution in [3.63, 3.8) is 0 Å². The highest BCUT2D eigenvalue weighted by Crippen LogP contribution is 2.48. The molecule has 0 spiro atoms. The third-order valence-electron chi connectivity index (χ3n) is 3.04. The molecule has 3 nitrogen and oxygen atoms in total. The average molecular weight is 240 g/mol. The summed E-state index contributed by atoms with van der Waals surface area (Å²) in [5, 5.41) is 12.0. The van der Waals surface area contributed by atoms with Gasteiger partial charge in [-0.25, -0.2) is 0 Å². The number of carbonyl (C=O) groups is 1. The zero-order valence-corrected chi connectivity index (χ0v) is 9.63. The monoisotopic (exact) mass is 239 g/mol. The minimum atomic E-state index is -0.215. The molecule has 86 valence electrons. The lowest BCUT2D eigenvalue weighted by Crippen LogP contribution is -2.15. The van der Waals surface area contributed by atoms with Gasteiger partial charge in [-0.2, -0.15) is 0 Å². The fourth-order valence-electron chi connectivity index (χ4n) is 1.81. The summed E-state index contributed by atoms with van der Waals surface area (Å²) in [6, 6.07) is 7.60. The van der Waals surface area contributed by atoms with Crippen LogP contribution in [0.4, 0.5) is 5.69 Å². The van der Waals surface area contributed by atoms with E-state index in [1.165, 1.54) is 0 Å². The van der Waals surface area contributed by atoms with E-state index in [1.807, 2.05) is 24.3 Å². The molecule has 0 radical (unpaired) electrons. The van der Waals surface area contributed by atoms with E-state index in [1.54, 1.807) is 0 Å². The molecule has 0 bridgehead atoms. The van der Waals surface area contributed by atoms with E-state index in [2.05, 4.69) is 5.32 Å². The predicted octanol–water partition coefficient (Wildman–Crippen LogP) is 1.89. The predicted molar refractivity (Wildman–Crippen MR) is 63.8 cm³/mol. The van der Waals surface area contributed by atoms with Gasteiger partial charge < -0.3 is 10.4 Å². The number of amides is 1. The molecular formula is C12H14ClNO2. The maximum Gasteiger partial charge on any atom is 0.239 e. The van der Waals surface area contributed by atoms with Crippen molar-refractivity contribution in [2.45, 2.75) is 18.3 Å². The summed E-state index contributed by atoms with van der Waals surface area (Å²) in [5.41, 5.74) is 1.76. The van der Waals surface area contributed by atoms with Crippen molar-refractivity contribution < 1.29 is 9.90 Å². The third-order valence-corrected chi connectivity index (χ3v) is 3.28. The van der Waals surface area contributed by atoms with Gasteiger partial charge in [0, 0.05) is 11.1 Å². The zero-order chi connectivity index (χ0) is 11.6. The quantitative estimate of drug-likeness (QED) is 0.789. The van der Waals surface area contributed by atoms with Crippen LogP contribution < -0.4 is 5.32 Å². The Morgan fingerprint density at radius 2 is 2.25 bits per heavy atom. The molecule has 0 unspecified atom stereocenters. The maximum atomic E-state index is 11.1. The first-order chi connectivity index (χ1) is 7.70. The first-order valence-corrected chi connectivity index (χ1v) is 5.81. The molecule has 1 aliphatic carbocycles. The first kappa shape index (κ1) is 11.4. The Morgan fingerprint density at radius 3 is 2.81 bits per heavy atom. The van der Waals surface area contributed by atoms with Crippen LogP contribution in [0.15, 0.2) is 24.3 Å². The number of aliphatic hydroxyl groups is 1. The molecule has 1 fully saturated rings. The summed E-state index contributed by atoms with van der Waals surface area (Å²) in [4.78, 5) is 11.1. The van der Waals surface area contributed by atoms with Gasteiger partial charge in [-0.15, -0.1) is 11.6 Å². The summed E-state index contributed by atoms with van der Waals surface area (Å²) in [5.74, 6) is -0.261. The highest BCUT2D eigenvalue weighted by molar-refractivity contribution is 6.29. The van der Waals surface area contributed by atoms with Gasteiger partial charge in [0.1, 0.15) is 5.88 Å². The van der Waals surface area contributed by atoms with Crippen LogP contribution in [0, 0.1) is 0 Å². The van der Waals surface area contributed by atoms with Crippen LogP contribution in [0.3, 0.4) is 0 Å². The molecule has 2 rings (SSSR count). The Kier molecular flexibility index (Phi) is 3.17. The normalized spacial score (nSPS) is 16.9. The van der Waals surface area contributed by atoms with E-state index >= 15 is 0 Å². The molecule has 0 atom stereocenters. The number of rotatable bonds is 4. The number of aliphatic hydroxyl groups excluding tert-OH is 1. The Labute approximate surface area is 99.4 Å². The number of anilines is 1. The summed E-state index contributed by atoms with van der Waals surface area (Å²) < 4.78 is 0. The van der Waals surface area contributed by atoms with E-state index in [9.17, 15) is 9.90 Å². The number of hydrogen-bond acceptors (Lipinski definition) is 2. The number of benzene rings is 1. The van der Waals surface area contributed by atoms with Gasteiger partial charge in [0.25, 0.3) is 0 Å². The van der Waals surface area contributed by atoms with Gasteiger partial charge >= 0.3 is 0 Å². The van der Waals surface area contributed by atoms with E-state index in [4.69, 9.17) is 11.6 Å². The van der Waals surface area contributed by atoms with Gasteiger partial charge in [-0.3, -0.25) is 4.79 Å². The molecule has 0 aromatic heterocycles. The Bertz CT molecular complexity index is 402. The third kappa shape index (κ3) is 2.20. The molecular weight excluding hydrogens is 226 g/mol. The van der Waals surface area contributed by atoms with Crippen LogP contribution in [0.2, 0.25) is 0 Å². The Morgan fingerprint density at radius 1 is 1.50 bits per heavy atom. The van der Waals surface area contributed by atoms with Crippen LogP contribution >= 0.6 is 11.6 Å². The molecule has 1 saturated carbocycles. The van der Waals surface area contributed by atoms with Crippen LogP contribution in [-0.4, -0.2) is 23.5 Å². The van der Waals surface area contributed by atoms with Crippen molar-refractivity contribution in [2.24, 2.45) is 0 Å². The van der Waals surface area contributed by atoms with Crippen molar-refractivity contribution in [1.29, 1.82) is 0 Å². The molecule has 2 N–H and O–H groups in total. The maximum absolute atomic E-state index is 11.1. The number of carbonyl (C=O) groups excluding carboxylic acids is 1. The Balaban J connectivity index is 2.17.